The third kappa shape index (κ3) is 4.98. The molecule has 178 valence electrons. The maximum absolute atomic E-state index is 13.7. The molecular weight excluding hydrogens is 460 g/mol. The van der Waals surface area contributed by atoms with E-state index in [1.54, 1.807) is 18.2 Å². The second kappa shape index (κ2) is 9.91. The van der Waals surface area contributed by atoms with Gasteiger partial charge in [-0.15, -0.1) is 0 Å². The van der Waals surface area contributed by atoms with E-state index in [2.05, 4.69) is 9.80 Å². The zero-order valence-electron chi connectivity index (χ0n) is 19.2. The predicted octanol–water partition coefficient (Wildman–Crippen LogP) is 3.54. The van der Waals surface area contributed by atoms with E-state index in [4.69, 9.17) is 11.6 Å². The SMILES string of the molecule is CN(C)S(=O)(=O)c1ccc(N2CCCCC2)c(C(=O)N2CCN(c3ccccc3Cl)CC2)c1. The normalized spacial score (nSPS) is 17.5. The predicted molar refractivity (Wildman–Crippen MR) is 133 cm³/mol. The topological polar surface area (TPSA) is 64.2 Å². The molecule has 2 heterocycles. The van der Waals surface area contributed by atoms with E-state index in [9.17, 15) is 13.2 Å². The first-order valence-electron chi connectivity index (χ1n) is 11.4. The molecule has 0 radical (unpaired) electrons. The average Bonchev–Trinajstić information content (AvgIpc) is 2.84. The van der Waals surface area contributed by atoms with Crippen LogP contribution in [0.4, 0.5) is 11.4 Å². The minimum atomic E-state index is -3.64. The summed E-state index contributed by atoms with van der Waals surface area (Å²) in [4.78, 5) is 20.0. The van der Waals surface area contributed by atoms with Gasteiger partial charge in [0.1, 0.15) is 0 Å². The Bertz CT molecular complexity index is 1110. The Hall–Kier alpha value is -2.29. The van der Waals surface area contributed by atoms with Gasteiger partial charge >= 0.3 is 0 Å². The molecule has 33 heavy (non-hydrogen) atoms. The summed E-state index contributed by atoms with van der Waals surface area (Å²) in [5.74, 6) is -0.120. The van der Waals surface area contributed by atoms with Gasteiger partial charge < -0.3 is 14.7 Å². The zero-order chi connectivity index (χ0) is 23.6. The molecule has 0 aliphatic carbocycles. The average molecular weight is 491 g/mol. The van der Waals surface area contributed by atoms with E-state index in [0.717, 1.165) is 37.3 Å². The van der Waals surface area contributed by atoms with Gasteiger partial charge in [0.25, 0.3) is 5.91 Å². The number of para-hydroxylation sites is 1. The Labute approximate surface area is 201 Å². The molecule has 1 amide bonds. The lowest BCUT2D eigenvalue weighted by molar-refractivity contribution is 0.0747. The van der Waals surface area contributed by atoms with Crippen molar-refractivity contribution in [3.63, 3.8) is 0 Å². The molecule has 7 nitrogen and oxygen atoms in total. The van der Waals surface area contributed by atoms with Crippen molar-refractivity contribution in [2.24, 2.45) is 0 Å². The van der Waals surface area contributed by atoms with E-state index in [1.165, 1.54) is 24.8 Å². The minimum absolute atomic E-state index is 0.120. The first-order chi connectivity index (χ1) is 15.8. The maximum atomic E-state index is 13.7. The first-order valence-corrected chi connectivity index (χ1v) is 13.2. The highest BCUT2D eigenvalue weighted by atomic mass is 35.5. The first kappa shape index (κ1) is 23.9. The molecule has 0 spiro atoms. The zero-order valence-corrected chi connectivity index (χ0v) is 20.8. The van der Waals surface area contributed by atoms with Crippen LogP contribution in [0.1, 0.15) is 29.6 Å². The molecule has 0 aromatic heterocycles. The van der Waals surface area contributed by atoms with Crippen molar-refractivity contribution in [3.05, 3.63) is 53.1 Å². The number of piperazine rings is 1. The number of piperidine rings is 1. The fourth-order valence-corrected chi connectivity index (χ4v) is 5.68. The van der Waals surface area contributed by atoms with Crippen molar-refractivity contribution in [1.29, 1.82) is 0 Å². The molecule has 2 fully saturated rings. The van der Waals surface area contributed by atoms with E-state index in [0.29, 0.717) is 36.8 Å². The van der Waals surface area contributed by atoms with Crippen LogP contribution in [-0.2, 0) is 10.0 Å². The lowest BCUT2D eigenvalue weighted by Gasteiger charge is -2.37. The number of rotatable bonds is 5. The molecular formula is C24H31ClN4O3S. The number of nitrogens with zero attached hydrogens (tertiary/aromatic N) is 4. The van der Waals surface area contributed by atoms with E-state index < -0.39 is 10.0 Å². The van der Waals surface area contributed by atoms with Gasteiger partial charge in [-0.25, -0.2) is 12.7 Å². The van der Waals surface area contributed by atoms with E-state index >= 15 is 0 Å². The van der Waals surface area contributed by atoms with Crippen LogP contribution in [0.5, 0.6) is 0 Å². The summed E-state index contributed by atoms with van der Waals surface area (Å²) in [5, 5.41) is 0.700. The Morgan fingerprint density at radius 1 is 0.848 bits per heavy atom. The second-order valence-corrected chi connectivity index (χ2v) is 11.3. The van der Waals surface area contributed by atoms with Crippen molar-refractivity contribution in [2.75, 3.05) is 63.2 Å². The molecule has 4 rings (SSSR count). The Kier molecular flexibility index (Phi) is 7.16. The summed E-state index contributed by atoms with van der Waals surface area (Å²) in [7, 11) is -0.633. The molecule has 2 aromatic carbocycles. The molecule has 2 aliphatic heterocycles. The van der Waals surface area contributed by atoms with Crippen LogP contribution in [-0.4, -0.2) is 76.9 Å². The Morgan fingerprint density at radius 2 is 1.48 bits per heavy atom. The van der Waals surface area contributed by atoms with Gasteiger partial charge in [0, 0.05) is 59.1 Å². The molecule has 9 heteroatoms. The summed E-state index contributed by atoms with van der Waals surface area (Å²) < 4.78 is 26.7. The summed E-state index contributed by atoms with van der Waals surface area (Å²) in [6.07, 6.45) is 3.32. The molecule has 2 aromatic rings. The van der Waals surface area contributed by atoms with Crippen molar-refractivity contribution >= 4 is 38.9 Å². The number of sulfonamides is 1. The van der Waals surface area contributed by atoms with Crippen LogP contribution >= 0.6 is 11.6 Å². The third-order valence-corrected chi connectivity index (χ3v) is 8.56. The smallest absolute Gasteiger partial charge is 0.256 e. The number of hydrogen-bond donors (Lipinski definition) is 0. The summed E-state index contributed by atoms with van der Waals surface area (Å²) in [6, 6.07) is 12.7. The molecule has 0 unspecified atom stereocenters. The largest absolute Gasteiger partial charge is 0.371 e. The van der Waals surface area contributed by atoms with Crippen LogP contribution in [0, 0.1) is 0 Å². The summed E-state index contributed by atoms with van der Waals surface area (Å²) in [6.45, 7) is 4.19. The highest BCUT2D eigenvalue weighted by Gasteiger charge is 2.29. The van der Waals surface area contributed by atoms with Gasteiger partial charge in [-0.05, 0) is 49.6 Å². The number of carbonyl (C=O) groups excluding carboxylic acids is 1. The van der Waals surface area contributed by atoms with Gasteiger partial charge in [-0.2, -0.15) is 0 Å². The highest BCUT2D eigenvalue weighted by Crippen LogP contribution is 2.30. The van der Waals surface area contributed by atoms with Gasteiger partial charge in [0.2, 0.25) is 10.0 Å². The van der Waals surface area contributed by atoms with E-state index in [1.807, 2.05) is 29.2 Å². The Balaban J connectivity index is 1.60. The standard InChI is InChI=1S/C24H31ClN4O3S/c1-26(2)33(31,32)19-10-11-22(27-12-6-3-7-13-27)20(18-19)24(30)29-16-14-28(15-17-29)23-9-5-4-8-21(23)25/h4-5,8-11,18H,3,6-7,12-17H2,1-2H3. The molecule has 2 saturated heterocycles. The van der Waals surface area contributed by atoms with Crippen LogP contribution < -0.4 is 9.80 Å². The lowest BCUT2D eigenvalue weighted by atomic mass is 10.1. The van der Waals surface area contributed by atoms with Crippen molar-refractivity contribution < 1.29 is 13.2 Å². The van der Waals surface area contributed by atoms with E-state index in [-0.39, 0.29) is 10.8 Å². The van der Waals surface area contributed by atoms with Crippen LogP contribution in [0.3, 0.4) is 0 Å². The minimum Gasteiger partial charge on any atom is -0.371 e. The van der Waals surface area contributed by atoms with Crippen LogP contribution in [0.25, 0.3) is 0 Å². The fourth-order valence-electron chi connectivity index (χ4n) is 4.50. The summed E-state index contributed by atoms with van der Waals surface area (Å²) >= 11 is 6.36. The summed E-state index contributed by atoms with van der Waals surface area (Å²) in [5.41, 5.74) is 2.26. The van der Waals surface area contributed by atoms with Gasteiger partial charge in [0.15, 0.2) is 0 Å². The number of benzene rings is 2. The van der Waals surface area contributed by atoms with Crippen LogP contribution in [0.15, 0.2) is 47.4 Å². The van der Waals surface area contributed by atoms with Gasteiger partial charge in [0.05, 0.1) is 21.2 Å². The number of carbonyl (C=O) groups is 1. The monoisotopic (exact) mass is 490 g/mol. The quantitative estimate of drug-likeness (QED) is 0.641. The highest BCUT2D eigenvalue weighted by molar-refractivity contribution is 7.89. The number of halogens is 1. The van der Waals surface area contributed by atoms with Crippen LogP contribution in [0.2, 0.25) is 5.02 Å². The molecule has 0 saturated carbocycles. The molecule has 0 N–H and O–H groups in total. The lowest BCUT2D eigenvalue weighted by Crippen LogP contribution is -2.49. The molecule has 2 aliphatic rings. The third-order valence-electron chi connectivity index (χ3n) is 6.43. The fraction of sp³-hybridized carbons (Fsp3) is 0.458. The number of hydrogen-bond acceptors (Lipinski definition) is 5. The van der Waals surface area contributed by atoms with Crippen molar-refractivity contribution in [2.45, 2.75) is 24.2 Å². The molecule has 0 atom stereocenters. The Morgan fingerprint density at radius 3 is 2.12 bits per heavy atom. The van der Waals surface area contributed by atoms with Crippen molar-refractivity contribution in [1.82, 2.24) is 9.21 Å². The van der Waals surface area contributed by atoms with Crippen molar-refractivity contribution in [3.8, 4) is 0 Å². The number of amides is 1. The van der Waals surface area contributed by atoms with Gasteiger partial charge in [-0.3, -0.25) is 4.79 Å². The second-order valence-electron chi connectivity index (χ2n) is 8.74. The number of anilines is 2. The molecule has 0 bridgehead atoms. The van der Waals surface area contributed by atoms with Gasteiger partial charge in [-0.1, -0.05) is 23.7 Å². The maximum Gasteiger partial charge on any atom is 0.256 e.